The molecule has 0 saturated heterocycles. The minimum Gasteiger partial charge on any atom is -0.495 e. The van der Waals surface area contributed by atoms with Gasteiger partial charge in [-0.15, -0.1) is 0 Å². The van der Waals surface area contributed by atoms with Crippen LogP contribution in [0, 0.1) is 5.82 Å². The molecule has 1 N–H and O–H groups in total. The second kappa shape index (κ2) is 6.89. The molecule has 0 aliphatic carbocycles. The van der Waals surface area contributed by atoms with Gasteiger partial charge < -0.3 is 4.74 Å². The Balaban J connectivity index is 2.29. The van der Waals surface area contributed by atoms with Gasteiger partial charge in [-0.05, 0) is 30.2 Å². The molecule has 0 atom stereocenters. The van der Waals surface area contributed by atoms with Crippen molar-refractivity contribution in [3.05, 3.63) is 59.4 Å². The van der Waals surface area contributed by atoms with Gasteiger partial charge in [0.1, 0.15) is 16.5 Å². The topological polar surface area (TPSA) is 55.4 Å². The zero-order valence-electron chi connectivity index (χ0n) is 12.5. The van der Waals surface area contributed by atoms with Crippen molar-refractivity contribution in [2.45, 2.75) is 24.8 Å². The molecule has 6 heteroatoms. The highest BCUT2D eigenvalue weighted by Crippen LogP contribution is 2.25. The van der Waals surface area contributed by atoms with Gasteiger partial charge in [0.15, 0.2) is 0 Å². The van der Waals surface area contributed by atoms with E-state index in [1.807, 2.05) is 13.0 Å². The van der Waals surface area contributed by atoms with E-state index in [-0.39, 0.29) is 22.8 Å². The molecular formula is C16H18FNO3S. The number of rotatable bonds is 6. The Morgan fingerprint density at radius 1 is 1.18 bits per heavy atom. The maximum atomic E-state index is 13.6. The number of nitrogens with one attached hydrogen (secondary N) is 1. The predicted octanol–water partition coefficient (Wildman–Crippen LogP) is 2.88. The van der Waals surface area contributed by atoms with Crippen LogP contribution >= 0.6 is 0 Å². The quantitative estimate of drug-likeness (QED) is 0.889. The fourth-order valence-electron chi connectivity index (χ4n) is 2.04. The Kier molecular flexibility index (Phi) is 5.15. The molecule has 0 heterocycles. The van der Waals surface area contributed by atoms with Gasteiger partial charge in [-0.25, -0.2) is 17.5 Å². The van der Waals surface area contributed by atoms with E-state index in [9.17, 15) is 12.8 Å². The zero-order valence-corrected chi connectivity index (χ0v) is 13.3. The van der Waals surface area contributed by atoms with Gasteiger partial charge in [-0.3, -0.25) is 0 Å². The second-order valence-electron chi connectivity index (χ2n) is 4.75. The highest BCUT2D eigenvalue weighted by atomic mass is 32.2. The van der Waals surface area contributed by atoms with Crippen molar-refractivity contribution < 1.29 is 17.5 Å². The van der Waals surface area contributed by atoms with Crippen LogP contribution in [0.2, 0.25) is 0 Å². The summed E-state index contributed by atoms with van der Waals surface area (Å²) >= 11 is 0. The Morgan fingerprint density at radius 3 is 2.55 bits per heavy atom. The van der Waals surface area contributed by atoms with Crippen molar-refractivity contribution in [2.24, 2.45) is 0 Å². The summed E-state index contributed by atoms with van der Waals surface area (Å²) in [5.74, 6) is -0.183. The second-order valence-corrected chi connectivity index (χ2v) is 6.49. The van der Waals surface area contributed by atoms with Gasteiger partial charge in [0.2, 0.25) is 10.0 Å². The predicted molar refractivity (Wildman–Crippen MR) is 82.8 cm³/mol. The largest absolute Gasteiger partial charge is 0.495 e. The summed E-state index contributed by atoms with van der Waals surface area (Å²) in [6.07, 6.45) is 0.708. The van der Waals surface area contributed by atoms with Crippen LogP contribution in [0.1, 0.15) is 18.1 Å². The molecule has 4 nitrogen and oxygen atoms in total. The van der Waals surface area contributed by atoms with E-state index in [0.717, 1.165) is 5.56 Å². The molecule has 0 aliphatic rings. The number of aryl methyl sites for hydroxylation is 1. The lowest BCUT2D eigenvalue weighted by molar-refractivity contribution is 0.402. The average molecular weight is 323 g/mol. The summed E-state index contributed by atoms with van der Waals surface area (Å²) in [6.45, 7) is 1.82. The maximum Gasteiger partial charge on any atom is 0.244 e. The van der Waals surface area contributed by atoms with Gasteiger partial charge >= 0.3 is 0 Å². The van der Waals surface area contributed by atoms with E-state index in [0.29, 0.717) is 6.42 Å². The van der Waals surface area contributed by atoms with E-state index in [1.165, 1.54) is 19.2 Å². The number of benzene rings is 2. The van der Waals surface area contributed by atoms with E-state index >= 15 is 0 Å². The normalized spacial score (nSPS) is 11.4. The summed E-state index contributed by atoms with van der Waals surface area (Å²) in [6, 6.07) is 11.1. The van der Waals surface area contributed by atoms with Crippen molar-refractivity contribution in [1.82, 2.24) is 4.72 Å². The van der Waals surface area contributed by atoms with Crippen LogP contribution < -0.4 is 9.46 Å². The molecule has 0 radical (unpaired) electrons. The smallest absolute Gasteiger partial charge is 0.244 e. The lowest BCUT2D eigenvalue weighted by atomic mass is 10.2. The number of halogens is 1. The molecule has 2 aromatic carbocycles. The molecule has 2 rings (SSSR count). The monoisotopic (exact) mass is 323 g/mol. The first-order chi connectivity index (χ1) is 10.5. The molecule has 22 heavy (non-hydrogen) atoms. The number of methoxy groups -OCH3 is 1. The molecule has 0 fully saturated rings. The fraction of sp³-hybridized carbons (Fsp3) is 0.250. The molecule has 0 aromatic heterocycles. The van der Waals surface area contributed by atoms with Crippen molar-refractivity contribution >= 4 is 10.0 Å². The summed E-state index contributed by atoms with van der Waals surface area (Å²) < 4.78 is 46.0. The molecule has 0 bridgehead atoms. The Bertz CT molecular complexity index is 760. The van der Waals surface area contributed by atoms with Crippen LogP contribution in [0.3, 0.4) is 0 Å². The van der Waals surface area contributed by atoms with Crippen LogP contribution in [0.5, 0.6) is 5.75 Å². The lowest BCUT2D eigenvalue weighted by Gasteiger charge is -2.12. The van der Waals surface area contributed by atoms with Crippen LogP contribution in [-0.4, -0.2) is 15.5 Å². The summed E-state index contributed by atoms with van der Waals surface area (Å²) in [7, 11) is -2.38. The molecular weight excluding hydrogens is 305 g/mol. The van der Waals surface area contributed by atoms with Gasteiger partial charge in [0, 0.05) is 12.1 Å². The van der Waals surface area contributed by atoms with E-state index in [1.54, 1.807) is 24.3 Å². The minimum atomic E-state index is -3.79. The molecule has 118 valence electrons. The first kappa shape index (κ1) is 16.5. The lowest BCUT2D eigenvalue weighted by Crippen LogP contribution is -2.24. The van der Waals surface area contributed by atoms with Crippen molar-refractivity contribution in [2.75, 3.05) is 7.11 Å². The Labute approximate surface area is 130 Å². The fourth-order valence-corrected chi connectivity index (χ4v) is 3.27. The first-order valence-corrected chi connectivity index (χ1v) is 8.36. The van der Waals surface area contributed by atoms with E-state index < -0.39 is 15.8 Å². The number of sulfonamides is 1. The minimum absolute atomic E-state index is 0.0608. The highest BCUT2D eigenvalue weighted by Gasteiger charge is 2.20. The molecule has 0 aliphatic heterocycles. The van der Waals surface area contributed by atoms with Crippen LogP contribution in [0.25, 0.3) is 0 Å². The third-order valence-electron chi connectivity index (χ3n) is 3.34. The van der Waals surface area contributed by atoms with Crippen molar-refractivity contribution in [1.29, 1.82) is 0 Å². The van der Waals surface area contributed by atoms with Crippen LogP contribution in [0.15, 0.2) is 47.4 Å². The standard InChI is InChI=1S/C16H18FNO3S/c1-3-12-8-9-15(21-2)16(10-12)22(19,20)18-11-13-6-4-5-7-14(13)17/h4-10,18H,3,11H2,1-2H3. The molecule has 0 saturated carbocycles. The van der Waals surface area contributed by atoms with Crippen molar-refractivity contribution in [3.63, 3.8) is 0 Å². The summed E-state index contributed by atoms with van der Waals surface area (Å²) in [5.41, 5.74) is 1.17. The van der Waals surface area contributed by atoms with Gasteiger partial charge in [0.25, 0.3) is 0 Å². The van der Waals surface area contributed by atoms with Crippen molar-refractivity contribution in [3.8, 4) is 5.75 Å². The summed E-state index contributed by atoms with van der Waals surface area (Å²) in [5, 5.41) is 0. The first-order valence-electron chi connectivity index (χ1n) is 6.88. The number of hydrogen-bond donors (Lipinski definition) is 1. The third kappa shape index (κ3) is 3.64. The van der Waals surface area contributed by atoms with Crippen LogP contribution in [0.4, 0.5) is 4.39 Å². The van der Waals surface area contributed by atoms with Gasteiger partial charge in [-0.2, -0.15) is 0 Å². The molecule has 2 aromatic rings. The SMILES string of the molecule is CCc1ccc(OC)c(S(=O)(=O)NCc2ccccc2F)c1. The Hall–Kier alpha value is -1.92. The zero-order chi connectivity index (χ0) is 16.2. The highest BCUT2D eigenvalue weighted by molar-refractivity contribution is 7.89. The molecule has 0 amide bonds. The van der Waals surface area contributed by atoms with Gasteiger partial charge in [0.05, 0.1) is 7.11 Å². The van der Waals surface area contributed by atoms with E-state index in [4.69, 9.17) is 4.74 Å². The maximum absolute atomic E-state index is 13.6. The number of hydrogen-bond acceptors (Lipinski definition) is 3. The van der Waals surface area contributed by atoms with E-state index in [2.05, 4.69) is 4.72 Å². The molecule has 0 unspecified atom stereocenters. The third-order valence-corrected chi connectivity index (χ3v) is 4.76. The average Bonchev–Trinajstić information content (AvgIpc) is 2.53. The van der Waals surface area contributed by atoms with Crippen LogP contribution in [-0.2, 0) is 23.0 Å². The number of ether oxygens (including phenoxy) is 1. The summed E-state index contributed by atoms with van der Waals surface area (Å²) in [4.78, 5) is 0.0608. The Morgan fingerprint density at radius 2 is 1.91 bits per heavy atom. The molecule has 0 spiro atoms. The van der Waals surface area contributed by atoms with Gasteiger partial charge in [-0.1, -0.05) is 31.2 Å².